The summed E-state index contributed by atoms with van der Waals surface area (Å²) in [6, 6.07) is 5.68. The molecule has 0 bridgehead atoms. The first-order valence-corrected chi connectivity index (χ1v) is 9.68. The fraction of sp³-hybridized carbons (Fsp3) is 0.455. The highest BCUT2D eigenvalue weighted by atomic mass is 19.1. The van der Waals surface area contributed by atoms with Crippen molar-refractivity contribution >= 4 is 6.09 Å². The lowest BCUT2D eigenvalue weighted by molar-refractivity contribution is 0.0295. The minimum Gasteiger partial charge on any atom is -0.487 e. The third-order valence-corrected chi connectivity index (χ3v) is 5.43. The molecule has 0 spiro atoms. The number of likely N-dealkylation sites (tertiary alicyclic amines) is 1. The number of carboxylic acid groups (broad SMARTS) is 1. The fourth-order valence-corrected chi connectivity index (χ4v) is 3.85. The third kappa shape index (κ3) is 4.83. The van der Waals surface area contributed by atoms with E-state index in [0.717, 1.165) is 0 Å². The van der Waals surface area contributed by atoms with Gasteiger partial charge in [-0.25, -0.2) is 13.6 Å². The molecule has 1 fully saturated rings. The number of piperidine rings is 1. The normalized spacial score (nSPS) is 19.8. The number of rotatable bonds is 4. The molecule has 0 radical (unpaired) electrons. The maximum atomic E-state index is 14.5. The van der Waals surface area contributed by atoms with Crippen molar-refractivity contribution in [3.63, 3.8) is 0 Å². The molecule has 1 saturated heterocycles. The Kier molecular flexibility index (Phi) is 6.05. The standard InChI is InChI=1S/C22H26F2N2O3/c1-22(2,3)19-10-14(6-9-26(19)21(27)28)13-29-20-17(23)11-16(12-18(20)24)15-4-7-25-8-5-15/h4-5,7-8,11-12,14,19H,6,9-10,13H2,1-3H3,(H,27,28). The molecule has 1 aliphatic heterocycles. The Morgan fingerprint density at radius 3 is 2.38 bits per heavy atom. The summed E-state index contributed by atoms with van der Waals surface area (Å²) in [5.74, 6) is -1.89. The van der Waals surface area contributed by atoms with Crippen LogP contribution in [0.5, 0.6) is 5.75 Å². The van der Waals surface area contributed by atoms with Gasteiger partial charge in [-0.3, -0.25) is 4.98 Å². The van der Waals surface area contributed by atoms with Gasteiger partial charge in [-0.15, -0.1) is 0 Å². The summed E-state index contributed by atoms with van der Waals surface area (Å²) in [5.41, 5.74) is 0.843. The number of amides is 1. The number of hydrogen-bond acceptors (Lipinski definition) is 3. The first-order chi connectivity index (χ1) is 13.7. The van der Waals surface area contributed by atoms with Crippen LogP contribution in [0, 0.1) is 23.0 Å². The second-order valence-corrected chi connectivity index (χ2v) is 8.56. The lowest BCUT2D eigenvalue weighted by Crippen LogP contribution is -2.52. The van der Waals surface area contributed by atoms with E-state index in [2.05, 4.69) is 4.98 Å². The maximum absolute atomic E-state index is 14.5. The van der Waals surface area contributed by atoms with Gasteiger partial charge in [0.25, 0.3) is 0 Å². The molecule has 0 saturated carbocycles. The molecule has 1 aromatic heterocycles. The smallest absolute Gasteiger partial charge is 0.407 e. The van der Waals surface area contributed by atoms with Gasteiger partial charge in [0.15, 0.2) is 17.4 Å². The van der Waals surface area contributed by atoms with Crippen molar-refractivity contribution in [2.24, 2.45) is 11.3 Å². The molecule has 1 aliphatic rings. The van der Waals surface area contributed by atoms with Gasteiger partial charge in [0.2, 0.25) is 0 Å². The Morgan fingerprint density at radius 1 is 1.21 bits per heavy atom. The van der Waals surface area contributed by atoms with Gasteiger partial charge in [0.1, 0.15) is 0 Å². The van der Waals surface area contributed by atoms with E-state index in [4.69, 9.17) is 4.74 Å². The lowest BCUT2D eigenvalue weighted by Gasteiger charge is -2.44. The second kappa shape index (κ2) is 8.35. The number of ether oxygens (including phenoxy) is 1. The van der Waals surface area contributed by atoms with Crippen LogP contribution >= 0.6 is 0 Å². The van der Waals surface area contributed by atoms with Crippen molar-refractivity contribution in [2.45, 2.75) is 39.7 Å². The van der Waals surface area contributed by atoms with E-state index in [1.165, 1.54) is 17.0 Å². The van der Waals surface area contributed by atoms with E-state index in [9.17, 15) is 18.7 Å². The number of hydrogen-bond donors (Lipinski definition) is 1. The van der Waals surface area contributed by atoms with Crippen molar-refractivity contribution in [2.75, 3.05) is 13.2 Å². The van der Waals surface area contributed by atoms with Crippen LogP contribution in [-0.4, -0.2) is 40.3 Å². The van der Waals surface area contributed by atoms with Crippen molar-refractivity contribution in [3.8, 4) is 16.9 Å². The first kappa shape index (κ1) is 21.0. The van der Waals surface area contributed by atoms with Crippen LogP contribution in [0.1, 0.15) is 33.6 Å². The minimum atomic E-state index is -0.937. The number of carbonyl (C=O) groups is 1. The van der Waals surface area contributed by atoms with Crippen LogP contribution in [0.4, 0.5) is 13.6 Å². The first-order valence-electron chi connectivity index (χ1n) is 9.68. The van der Waals surface area contributed by atoms with Gasteiger partial charge in [0.05, 0.1) is 6.61 Å². The molecule has 3 rings (SSSR count). The molecule has 2 aromatic rings. The molecule has 2 atom stereocenters. The zero-order chi connectivity index (χ0) is 21.2. The largest absolute Gasteiger partial charge is 0.487 e. The molecule has 29 heavy (non-hydrogen) atoms. The number of aromatic nitrogens is 1. The molecule has 1 N–H and O–H groups in total. The molecule has 2 heterocycles. The van der Waals surface area contributed by atoms with Gasteiger partial charge >= 0.3 is 6.09 Å². The van der Waals surface area contributed by atoms with Crippen LogP contribution in [0.3, 0.4) is 0 Å². The second-order valence-electron chi connectivity index (χ2n) is 8.56. The van der Waals surface area contributed by atoms with E-state index in [0.29, 0.717) is 30.5 Å². The monoisotopic (exact) mass is 404 g/mol. The zero-order valence-electron chi connectivity index (χ0n) is 16.9. The van der Waals surface area contributed by atoms with Crippen molar-refractivity contribution < 1.29 is 23.4 Å². The van der Waals surface area contributed by atoms with Crippen LogP contribution in [0.15, 0.2) is 36.7 Å². The van der Waals surface area contributed by atoms with Gasteiger partial charge < -0.3 is 14.7 Å². The van der Waals surface area contributed by atoms with E-state index < -0.39 is 23.5 Å². The summed E-state index contributed by atoms with van der Waals surface area (Å²) in [5, 5.41) is 9.45. The summed E-state index contributed by atoms with van der Waals surface area (Å²) in [7, 11) is 0. The summed E-state index contributed by atoms with van der Waals surface area (Å²) in [4.78, 5) is 16.9. The predicted octanol–water partition coefficient (Wildman–Crippen LogP) is 5.21. The number of halogens is 2. The molecule has 0 aliphatic carbocycles. The SMILES string of the molecule is CC(C)(C)C1CC(COc2c(F)cc(-c3ccncc3)cc2F)CCN1C(=O)O. The zero-order valence-corrected chi connectivity index (χ0v) is 16.9. The fourth-order valence-electron chi connectivity index (χ4n) is 3.85. The highest BCUT2D eigenvalue weighted by Crippen LogP contribution is 2.35. The lowest BCUT2D eigenvalue weighted by atomic mass is 9.77. The Labute approximate surface area is 169 Å². The summed E-state index contributed by atoms with van der Waals surface area (Å²) in [6.07, 6.45) is 3.37. The maximum Gasteiger partial charge on any atom is 0.407 e. The average molecular weight is 404 g/mol. The van der Waals surface area contributed by atoms with Gasteiger partial charge in [0, 0.05) is 25.0 Å². The molecule has 1 amide bonds. The number of benzene rings is 1. The highest BCUT2D eigenvalue weighted by molar-refractivity contribution is 5.66. The molecular weight excluding hydrogens is 378 g/mol. The quantitative estimate of drug-likeness (QED) is 0.760. The Hall–Kier alpha value is -2.70. The van der Waals surface area contributed by atoms with Gasteiger partial charge in [-0.2, -0.15) is 0 Å². The molecule has 2 unspecified atom stereocenters. The van der Waals surface area contributed by atoms with Gasteiger partial charge in [-0.05, 0) is 59.6 Å². The summed E-state index contributed by atoms with van der Waals surface area (Å²) < 4.78 is 34.6. The molecule has 7 heteroatoms. The van der Waals surface area contributed by atoms with Crippen LogP contribution in [0.2, 0.25) is 0 Å². The van der Waals surface area contributed by atoms with Crippen LogP contribution in [0.25, 0.3) is 11.1 Å². The Bertz CT molecular complexity index is 845. The highest BCUT2D eigenvalue weighted by Gasteiger charge is 2.38. The van der Waals surface area contributed by atoms with E-state index in [1.54, 1.807) is 24.5 Å². The summed E-state index contributed by atoms with van der Waals surface area (Å²) in [6.45, 7) is 6.51. The predicted molar refractivity (Wildman–Crippen MR) is 106 cm³/mol. The molecular formula is C22H26F2N2O3. The van der Waals surface area contributed by atoms with Crippen molar-refractivity contribution in [3.05, 3.63) is 48.3 Å². The Balaban J connectivity index is 1.71. The average Bonchev–Trinajstić information content (AvgIpc) is 2.67. The van der Waals surface area contributed by atoms with E-state index in [-0.39, 0.29) is 24.0 Å². The molecule has 156 valence electrons. The number of pyridine rings is 1. The Morgan fingerprint density at radius 2 is 1.83 bits per heavy atom. The molecule has 5 nitrogen and oxygen atoms in total. The van der Waals surface area contributed by atoms with Gasteiger partial charge in [-0.1, -0.05) is 20.8 Å². The third-order valence-electron chi connectivity index (χ3n) is 5.43. The van der Waals surface area contributed by atoms with E-state index >= 15 is 0 Å². The van der Waals surface area contributed by atoms with E-state index in [1.807, 2.05) is 20.8 Å². The van der Waals surface area contributed by atoms with Crippen LogP contribution < -0.4 is 4.74 Å². The van der Waals surface area contributed by atoms with Crippen molar-refractivity contribution in [1.82, 2.24) is 9.88 Å². The number of nitrogens with zero attached hydrogens (tertiary/aromatic N) is 2. The summed E-state index contributed by atoms with van der Waals surface area (Å²) >= 11 is 0. The van der Waals surface area contributed by atoms with Crippen molar-refractivity contribution in [1.29, 1.82) is 0 Å². The molecule has 1 aromatic carbocycles. The minimum absolute atomic E-state index is 0.0218. The van der Waals surface area contributed by atoms with Crippen LogP contribution in [-0.2, 0) is 0 Å². The topological polar surface area (TPSA) is 62.7 Å².